The summed E-state index contributed by atoms with van der Waals surface area (Å²) in [6, 6.07) is 10.3. The number of nitrogens with zero attached hydrogens (tertiary/aromatic N) is 2. The molecule has 23 heavy (non-hydrogen) atoms. The summed E-state index contributed by atoms with van der Waals surface area (Å²) in [6.45, 7) is 3.64. The number of carboxylic acids is 1. The molecule has 6 heteroatoms. The molecule has 3 rings (SSSR count). The highest BCUT2D eigenvalue weighted by atomic mass is 16.4. The maximum absolute atomic E-state index is 12.2. The lowest BCUT2D eigenvalue weighted by atomic mass is 10.1. The molecule has 0 spiro atoms. The van der Waals surface area contributed by atoms with Gasteiger partial charge in [0.15, 0.2) is 5.76 Å². The van der Waals surface area contributed by atoms with Gasteiger partial charge in [-0.1, -0.05) is 12.1 Å². The van der Waals surface area contributed by atoms with Crippen LogP contribution in [0.5, 0.6) is 0 Å². The van der Waals surface area contributed by atoms with Crippen LogP contribution in [0.4, 0.5) is 0 Å². The van der Waals surface area contributed by atoms with Gasteiger partial charge in [0, 0.05) is 32.7 Å². The number of aromatic carboxylic acids is 1. The zero-order chi connectivity index (χ0) is 16.2. The molecule has 0 radical (unpaired) electrons. The van der Waals surface area contributed by atoms with E-state index < -0.39 is 5.97 Å². The van der Waals surface area contributed by atoms with Crippen molar-refractivity contribution >= 4 is 11.9 Å². The van der Waals surface area contributed by atoms with Gasteiger partial charge in [0.05, 0.1) is 11.8 Å². The van der Waals surface area contributed by atoms with E-state index in [1.807, 2.05) is 12.1 Å². The van der Waals surface area contributed by atoms with Crippen LogP contribution in [0.1, 0.15) is 26.5 Å². The van der Waals surface area contributed by atoms with E-state index in [0.29, 0.717) is 24.4 Å². The largest absolute Gasteiger partial charge is 0.478 e. The third kappa shape index (κ3) is 3.60. The average molecular weight is 314 g/mol. The molecule has 1 amide bonds. The van der Waals surface area contributed by atoms with Crippen molar-refractivity contribution in [1.29, 1.82) is 0 Å². The maximum atomic E-state index is 12.2. The van der Waals surface area contributed by atoms with Gasteiger partial charge in [0.25, 0.3) is 5.91 Å². The summed E-state index contributed by atoms with van der Waals surface area (Å²) < 4.78 is 5.15. The number of hydrogen-bond donors (Lipinski definition) is 1. The minimum absolute atomic E-state index is 0.0690. The molecule has 120 valence electrons. The number of carbonyl (C=O) groups excluding carboxylic acids is 1. The molecule has 1 N–H and O–H groups in total. The molecule has 1 aromatic carbocycles. The third-order valence-electron chi connectivity index (χ3n) is 4.00. The Balaban J connectivity index is 1.53. The minimum Gasteiger partial charge on any atom is -0.478 e. The zero-order valence-electron chi connectivity index (χ0n) is 12.6. The Hall–Kier alpha value is -2.60. The highest BCUT2D eigenvalue weighted by Crippen LogP contribution is 2.13. The van der Waals surface area contributed by atoms with Gasteiger partial charge < -0.3 is 14.4 Å². The van der Waals surface area contributed by atoms with Crippen molar-refractivity contribution in [3.63, 3.8) is 0 Å². The lowest BCUT2D eigenvalue weighted by molar-refractivity contribution is 0.0597. The quantitative estimate of drug-likeness (QED) is 0.933. The number of carbonyl (C=O) groups is 2. The highest BCUT2D eigenvalue weighted by Gasteiger charge is 2.23. The first-order chi connectivity index (χ1) is 11.1. The Bertz CT molecular complexity index is 671. The van der Waals surface area contributed by atoms with E-state index >= 15 is 0 Å². The molecular weight excluding hydrogens is 296 g/mol. The second kappa shape index (κ2) is 6.66. The predicted molar refractivity (Wildman–Crippen MR) is 83.3 cm³/mol. The van der Waals surface area contributed by atoms with Crippen LogP contribution in [-0.2, 0) is 6.54 Å². The van der Waals surface area contributed by atoms with E-state index in [1.165, 1.54) is 6.26 Å². The van der Waals surface area contributed by atoms with Crippen LogP contribution in [0.3, 0.4) is 0 Å². The molecule has 1 aliphatic rings. The van der Waals surface area contributed by atoms with Gasteiger partial charge in [-0.05, 0) is 29.8 Å². The van der Waals surface area contributed by atoms with E-state index in [4.69, 9.17) is 9.52 Å². The molecule has 0 saturated carbocycles. The van der Waals surface area contributed by atoms with Crippen LogP contribution < -0.4 is 0 Å². The Morgan fingerprint density at radius 1 is 1.04 bits per heavy atom. The molecule has 1 aliphatic heterocycles. The topological polar surface area (TPSA) is 74.0 Å². The first-order valence-corrected chi connectivity index (χ1v) is 7.51. The molecule has 1 fully saturated rings. The fraction of sp³-hybridized carbons (Fsp3) is 0.294. The van der Waals surface area contributed by atoms with Crippen molar-refractivity contribution in [1.82, 2.24) is 9.80 Å². The first kappa shape index (κ1) is 15.3. The molecular formula is C17H18N2O4. The van der Waals surface area contributed by atoms with Gasteiger partial charge in [0.1, 0.15) is 0 Å². The summed E-state index contributed by atoms with van der Waals surface area (Å²) in [5.41, 5.74) is 1.36. The van der Waals surface area contributed by atoms with Crippen LogP contribution in [0.2, 0.25) is 0 Å². The Kier molecular flexibility index (Phi) is 4.43. The average Bonchev–Trinajstić information content (AvgIpc) is 3.10. The summed E-state index contributed by atoms with van der Waals surface area (Å²) in [7, 11) is 0. The summed E-state index contributed by atoms with van der Waals surface area (Å²) in [5.74, 6) is -0.607. The lowest BCUT2D eigenvalue weighted by Gasteiger charge is -2.34. The Morgan fingerprint density at radius 2 is 1.74 bits per heavy atom. The summed E-state index contributed by atoms with van der Waals surface area (Å²) in [5, 5.41) is 8.90. The second-order valence-electron chi connectivity index (χ2n) is 5.55. The van der Waals surface area contributed by atoms with E-state index in [9.17, 15) is 9.59 Å². The van der Waals surface area contributed by atoms with Crippen molar-refractivity contribution in [2.24, 2.45) is 0 Å². The molecule has 1 saturated heterocycles. The third-order valence-corrected chi connectivity index (χ3v) is 4.00. The van der Waals surface area contributed by atoms with E-state index in [-0.39, 0.29) is 5.91 Å². The van der Waals surface area contributed by atoms with Crippen molar-refractivity contribution in [3.8, 4) is 0 Å². The summed E-state index contributed by atoms with van der Waals surface area (Å²) >= 11 is 0. The molecule has 0 aliphatic carbocycles. The molecule has 2 aromatic rings. The van der Waals surface area contributed by atoms with Crippen LogP contribution in [0, 0.1) is 0 Å². The van der Waals surface area contributed by atoms with E-state index in [0.717, 1.165) is 25.2 Å². The van der Waals surface area contributed by atoms with Gasteiger partial charge in [-0.3, -0.25) is 9.69 Å². The second-order valence-corrected chi connectivity index (χ2v) is 5.55. The fourth-order valence-corrected chi connectivity index (χ4v) is 2.68. The minimum atomic E-state index is -0.915. The standard InChI is InChI=1S/C17H18N2O4/c20-16(15-2-1-11-23-15)19-9-7-18(8-10-19)12-13-3-5-14(6-4-13)17(21)22/h1-6,11H,7-10,12H2,(H,21,22). The number of furan rings is 1. The highest BCUT2D eigenvalue weighted by molar-refractivity contribution is 5.91. The summed E-state index contributed by atoms with van der Waals surface area (Å²) in [4.78, 5) is 27.1. The van der Waals surface area contributed by atoms with Crippen LogP contribution >= 0.6 is 0 Å². The monoisotopic (exact) mass is 314 g/mol. The molecule has 6 nitrogen and oxygen atoms in total. The number of piperazine rings is 1. The van der Waals surface area contributed by atoms with Crippen LogP contribution in [0.15, 0.2) is 47.1 Å². The van der Waals surface area contributed by atoms with Crippen molar-refractivity contribution in [2.45, 2.75) is 6.54 Å². The number of benzene rings is 1. The predicted octanol–water partition coefficient (Wildman–Crippen LogP) is 1.94. The smallest absolute Gasteiger partial charge is 0.335 e. The van der Waals surface area contributed by atoms with Crippen molar-refractivity contribution < 1.29 is 19.1 Å². The fourth-order valence-electron chi connectivity index (χ4n) is 2.68. The molecule has 0 atom stereocenters. The number of hydrogen-bond acceptors (Lipinski definition) is 4. The SMILES string of the molecule is O=C(O)c1ccc(CN2CCN(C(=O)c3ccco3)CC2)cc1. The van der Waals surface area contributed by atoms with Gasteiger partial charge in [0.2, 0.25) is 0 Å². The van der Waals surface area contributed by atoms with E-state index in [1.54, 1.807) is 29.2 Å². The van der Waals surface area contributed by atoms with E-state index in [2.05, 4.69) is 4.90 Å². The number of amides is 1. The summed E-state index contributed by atoms with van der Waals surface area (Å²) in [6.07, 6.45) is 1.50. The number of rotatable bonds is 4. The van der Waals surface area contributed by atoms with Crippen LogP contribution in [0.25, 0.3) is 0 Å². The lowest BCUT2D eigenvalue weighted by Crippen LogP contribution is -2.48. The van der Waals surface area contributed by atoms with Crippen molar-refractivity contribution in [3.05, 3.63) is 59.5 Å². The van der Waals surface area contributed by atoms with Gasteiger partial charge in [-0.25, -0.2) is 4.79 Å². The van der Waals surface area contributed by atoms with Crippen LogP contribution in [-0.4, -0.2) is 53.0 Å². The maximum Gasteiger partial charge on any atom is 0.335 e. The molecule has 0 unspecified atom stereocenters. The Labute approximate surface area is 133 Å². The van der Waals surface area contributed by atoms with Gasteiger partial charge in [-0.15, -0.1) is 0 Å². The van der Waals surface area contributed by atoms with Crippen molar-refractivity contribution in [2.75, 3.05) is 26.2 Å². The van der Waals surface area contributed by atoms with Gasteiger partial charge in [-0.2, -0.15) is 0 Å². The zero-order valence-corrected chi connectivity index (χ0v) is 12.6. The van der Waals surface area contributed by atoms with Gasteiger partial charge >= 0.3 is 5.97 Å². The molecule has 1 aromatic heterocycles. The molecule has 0 bridgehead atoms. The number of carboxylic acid groups (broad SMARTS) is 1. The normalized spacial score (nSPS) is 15.6. The molecule has 2 heterocycles. The first-order valence-electron chi connectivity index (χ1n) is 7.51. The Morgan fingerprint density at radius 3 is 2.30 bits per heavy atom.